The second-order valence-corrected chi connectivity index (χ2v) is 4.00. The smallest absolute Gasteiger partial charge is 0.0408 e. The summed E-state index contributed by atoms with van der Waals surface area (Å²) in [6.07, 6.45) is 5.42. The molecule has 0 saturated heterocycles. The van der Waals surface area contributed by atoms with Gasteiger partial charge in [0.1, 0.15) is 0 Å². The first kappa shape index (κ1) is 10.2. The van der Waals surface area contributed by atoms with Gasteiger partial charge in [0.25, 0.3) is 0 Å². The quantitative estimate of drug-likeness (QED) is 0.688. The Morgan fingerprint density at radius 2 is 2.15 bits per heavy atom. The Morgan fingerprint density at radius 3 is 2.77 bits per heavy atom. The summed E-state index contributed by atoms with van der Waals surface area (Å²) in [5.74, 6) is 0.698. The minimum absolute atomic E-state index is 0.698. The highest BCUT2D eigenvalue weighted by atomic mass is 14.7. The van der Waals surface area contributed by atoms with Crippen LogP contribution in [0, 0.1) is 5.92 Å². The molecule has 0 radical (unpaired) electrons. The molecule has 0 N–H and O–H groups in total. The summed E-state index contributed by atoms with van der Waals surface area (Å²) in [7, 11) is 0. The van der Waals surface area contributed by atoms with Gasteiger partial charge in [-0.1, -0.05) is 27.2 Å². The van der Waals surface area contributed by atoms with E-state index in [-0.39, 0.29) is 0 Å². The molecule has 0 atom stereocenters. The normalized spacial score (nSPS) is 10.8. The standard InChI is InChI=1S/C12H19N/c1-4-5-11-6-7-13-12(9-11)8-10(2)3/h6-7,9-10H,4-5,8H2,1-3H3. The monoisotopic (exact) mass is 177 g/mol. The summed E-state index contributed by atoms with van der Waals surface area (Å²) < 4.78 is 0. The van der Waals surface area contributed by atoms with Crippen LogP contribution in [0.15, 0.2) is 18.3 Å². The summed E-state index contributed by atoms with van der Waals surface area (Å²) in [5.41, 5.74) is 2.66. The molecule has 0 fully saturated rings. The Labute approximate surface area is 81.2 Å². The van der Waals surface area contributed by atoms with Crippen LogP contribution in [0.4, 0.5) is 0 Å². The maximum atomic E-state index is 4.36. The molecule has 1 rings (SSSR count). The summed E-state index contributed by atoms with van der Waals surface area (Å²) >= 11 is 0. The lowest BCUT2D eigenvalue weighted by Crippen LogP contribution is -1.98. The van der Waals surface area contributed by atoms with Gasteiger partial charge in [0.15, 0.2) is 0 Å². The number of hydrogen-bond acceptors (Lipinski definition) is 1. The molecule has 0 spiro atoms. The fourth-order valence-corrected chi connectivity index (χ4v) is 1.50. The van der Waals surface area contributed by atoms with Gasteiger partial charge in [-0.3, -0.25) is 4.98 Å². The Morgan fingerprint density at radius 1 is 1.38 bits per heavy atom. The topological polar surface area (TPSA) is 12.9 Å². The van der Waals surface area contributed by atoms with E-state index in [2.05, 4.69) is 37.9 Å². The van der Waals surface area contributed by atoms with Crippen LogP contribution in [0.1, 0.15) is 38.4 Å². The molecule has 0 unspecified atom stereocenters. The van der Waals surface area contributed by atoms with Crippen LogP contribution in [0.3, 0.4) is 0 Å². The molecule has 1 heterocycles. The molecule has 0 aliphatic heterocycles. The van der Waals surface area contributed by atoms with Gasteiger partial charge in [-0.15, -0.1) is 0 Å². The molecule has 0 aromatic carbocycles. The van der Waals surface area contributed by atoms with Gasteiger partial charge in [-0.25, -0.2) is 0 Å². The average molecular weight is 177 g/mol. The third kappa shape index (κ3) is 3.58. The van der Waals surface area contributed by atoms with Gasteiger partial charge in [0.05, 0.1) is 0 Å². The second-order valence-electron chi connectivity index (χ2n) is 4.00. The molecule has 0 amide bonds. The summed E-state index contributed by atoms with van der Waals surface area (Å²) in [5, 5.41) is 0. The molecular weight excluding hydrogens is 158 g/mol. The fraction of sp³-hybridized carbons (Fsp3) is 0.583. The van der Waals surface area contributed by atoms with Crippen LogP contribution >= 0.6 is 0 Å². The van der Waals surface area contributed by atoms with E-state index in [1.807, 2.05) is 6.20 Å². The number of hydrogen-bond donors (Lipinski definition) is 0. The highest BCUT2D eigenvalue weighted by Crippen LogP contribution is 2.08. The van der Waals surface area contributed by atoms with Crippen LogP contribution in [0.2, 0.25) is 0 Å². The lowest BCUT2D eigenvalue weighted by atomic mass is 10.0. The third-order valence-corrected chi connectivity index (χ3v) is 2.04. The van der Waals surface area contributed by atoms with Gasteiger partial charge < -0.3 is 0 Å². The minimum Gasteiger partial charge on any atom is -0.261 e. The number of nitrogens with zero attached hydrogens (tertiary/aromatic N) is 1. The zero-order valence-corrected chi connectivity index (χ0v) is 8.88. The first-order valence-corrected chi connectivity index (χ1v) is 5.16. The van der Waals surface area contributed by atoms with E-state index in [4.69, 9.17) is 0 Å². The zero-order chi connectivity index (χ0) is 9.68. The number of rotatable bonds is 4. The first-order valence-electron chi connectivity index (χ1n) is 5.16. The maximum absolute atomic E-state index is 4.36. The predicted molar refractivity (Wildman–Crippen MR) is 56.8 cm³/mol. The molecule has 0 saturated carbocycles. The van der Waals surface area contributed by atoms with Gasteiger partial charge in [-0.2, -0.15) is 0 Å². The van der Waals surface area contributed by atoms with Gasteiger partial charge in [0, 0.05) is 11.9 Å². The van der Waals surface area contributed by atoms with Crippen molar-refractivity contribution in [3.8, 4) is 0 Å². The lowest BCUT2D eigenvalue weighted by Gasteiger charge is -2.05. The van der Waals surface area contributed by atoms with E-state index in [9.17, 15) is 0 Å². The molecular formula is C12H19N. The molecule has 1 heteroatoms. The summed E-state index contributed by atoms with van der Waals surface area (Å²) in [4.78, 5) is 4.36. The Hall–Kier alpha value is -0.850. The molecule has 13 heavy (non-hydrogen) atoms. The van der Waals surface area contributed by atoms with Crippen molar-refractivity contribution < 1.29 is 0 Å². The van der Waals surface area contributed by atoms with Crippen molar-refractivity contribution in [1.82, 2.24) is 4.98 Å². The third-order valence-electron chi connectivity index (χ3n) is 2.04. The van der Waals surface area contributed by atoms with E-state index in [0.717, 1.165) is 6.42 Å². The fourth-order valence-electron chi connectivity index (χ4n) is 1.50. The van der Waals surface area contributed by atoms with E-state index >= 15 is 0 Å². The average Bonchev–Trinajstić information content (AvgIpc) is 2.04. The van der Waals surface area contributed by atoms with Crippen molar-refractivity contribution in [2.45, 2.75) is 40.0 Å². The molecule has 0 bridgehead atoms. The van der Waals surface area contributed by atoms with Gasteiger partial charge in [0.2, 0.25) is 0 Å². The molecule has 1 nitrogen and oxygen atoms in total. The number of aromatic nitrogens is 1. The molecule has 72 valence electrons. The van der Waals surface area contributed by atoms with Crippen LogP contribution in [-0.2, 0) is 12.8 Å². The number of pyridine rings is 1. The highest BCUT2D eigenvalue weighted by molar-refractivity contribution is 5.16. The van der Waals surface area contributed by atoms with Crippen molar-refractivity contribution in [3.63, 3.8) is 0 Å². The van der Waals surface area contributed by atoms with Crippen molar-refractivity contribution in [2.75, 3.05) is 0 Å². The summed E-state index contributed by atoms with van der Waals surface area (Å²) in [6.45, 7) is 6.67. The van der Waals surface area contributed by atoms with Gasteiger partial charge in [-0.05, 0) is 36.5 Å². The van der Waals surface area contributed by atoms with Crippen LogP contribution in [0.5, 0.6) is 0 Å². The zero-order valence-electron chi connectivity index (χ0n) is 8.88. The predicted octanol–water partition coefficient (Wildman–Crippen LogP) is 3.23. The highest BCUT2D eigenvalue weighted by Gasteiger charge is 1.99. The molecule has 0 aliphatic carbocycles. The van der Waals surface area contributed by atoms with Crippen LogP contribution in [0.25, 0.3) is 0 Å². The Kier molecular flexibility index (Phi) is 3.94. The molecule has 1 aromatic rings. The van der Waals surface area contributed by atoms with Crippen molar-refractivity contribution in [1.29, 1.82) is 0 Å². The SMILES string of the molecule is CCCc1ccnc(CC(C)C)c1. The van der Waals surface area contributed by atoms with Crippen molar-refractivity contribution in [2.24, 2.45) is 5.92 Å². The first-order chi connectivity index (χ1) is 6.22. The van der Waals surface area contributed by atoms with Crippen LogP contribution in [-0.4, -0.2) is 4.98 Å². The maximum Gasteiger partial charge on any atom is 0.0408 e. The second kappa shape index (κ2) is 5.00. The Balaban J connectivity index is 2.67. The lowest BCUT2D eigenvalue weighted by molar-refractivity contribution is 0.634. The summed E-state index contributed by atoms with van der Waals surface area (Å²) in [6, 6.07) is 4.36. The molecule has 0 aliphatic rings. The van der Waals surface area contributed by atoms with E-state index in [0.29, 0.717) is 5.92 Å². The largest absolute Gasteiger partial charge is 0.261 e. The van der Waals surface area contributed by atoms with E-state index in [1.54, 1.807) is 0 Å². The molecule has 1 aromatic heterocycles. The van der Waals surface area contributed by atoms with Crippen molar-refractivity contribution in [3.05, 3.63) is 29.6 Å². The number of aryl methyl sites for hydroxylation is 1. The van der Waals surface area contributed by atoms with Crippen molar-refractivity contribution >= 4 is 0 Å². The van der Waals surface area contributed by atoms with Gasteiger partial charge >= 0.3 is 0 Å². The van der Waals surface area contributed by atoms with Crippen LogP contribution < -0.4 is 0 Å². The minimum atomic E-state index is 0.698. The Bertz CT molecular complexity index is 253. The van der Waals surface area contributed by atoms with E-state index in [1.165, 1.54) is 24.1 Å². The van der Waals surface area contributed by atoms with E-state index < -0.39 is 0 Å².